The van der Waals surface area contributed by atoms with Crippen molar-refractivity contribution in [1.29, 1.82) is 0 Å². The van der Waals surface area contributed by atoms with Gasteiger partial charge in [-0.25, -0.2) is 4.79 Å². The number of hydrogen-bond acceptors (Lipinski definition) is 4. The minimum absolute atomic E-state index is 0.226. The molecule has 0 fully saturated rings. The van der Waals surface area contributed by atoms with E-state index >= 15 is 0 Å². The SMILES string of the molecule is CCCN(C(=O)C(NC(=O)OC(C)(C)C)C(C)C)C(C(=O)Nc1c(C)cccc1C)c1ccc(C)cc1C. The summed E-state index contributed by atoms with van der Waals surface area (Å²) in [4.78, 5) is 42.5. The Labute approximate surface area is 228 Å². The molecule has 0 bridgehead atoms. The molecule has 0 radical (unpaired) electrons. The summed E-state index contributed by atoms with van der Waals surface area (Å²) in [6.07, 6.45) is -0.0230. The molecule has 0 heterocycles. The molecular weight excluding hydrogens is 478 g/mol. The Morgan fingerprint density at radius 2 is 1.55 bits per heavy atom. The van der Waals surface area contributed by atoms with Crippen LogP contribution in [0.3, 0.4) is 0 Å². The van der Waals surface area contributed by atoms with Gasteiger partial charge in [0.1, 0.15) is 17.7 Å². The molecule has 0 spiro atoms. The minimum atomic E-state index is -0.885. The third kappa shape index (κ3) is 8.07. The molecule has 7 nitrogen and oxygen atoms in total. The maximum Gasteiger partial charge on any atom is 0.408 e. The van der Waals surface area contributed by atoms with Crippen LogP contribution in [0.15, 0.2) is 36.4 Å². The van der Waals surface area contributed by atoms with Gasteiger partial charge in [0.15, 0.2) is 0 Å². The van der Waals surface area contributed by atoms with Crippen LogP contribution >= 0.6 is 0 Å². The molecule has 2 rings (SSSR count). The zero-order chi connectivity index (χ0) is 28.8. The lowest BCUT2D eigenvalue weighted by Gasteiger charge is -2.36. The van der Waals surface area contributed by atoms with Crippen LogP contribution in [0.25, 0.3) is 0 Å². The molecule has 208 valence electrons. The van der Waals surface area contributed by atoms with E-state index in [-0.39, 0.29) is 17.7 Å². The summed E-state index contributed by atoms with van der Waals surface area (Å²) in [7, 11) is 0. The van der Waals surface area contributed by atoms with Crippen LogP contribution < -0.4 is 10.6 Å². The van der Waals surface area contributed by atoms with Crippen molar-refractivity contribution < 1.29 is 19.1 Å². The summed E-state index contributed by atoms with van der Waals surface area (Å²) in [6.45, 7) is 19.2. The number of nitrogens with zero attached hydrogens (tertiary/aromatic N) is 1. The number of alkyl carbamates (subject to hydrolysis) is 1. The van der Waals surface area contributed by atoms with Gasteiger partial charge in [-0.3, -0.25) is 9.59 Å². The topological polar surface area (TPSA) is 87.7 Å². The maximum atomic E-state index is 14.1. The van der Waals surface area contributed by atoms with Crippen LogP contribution in [0.2, 0.25) is 0 Å². The van der Waals surface area contributed by atoms with Crippen molar-refractivity contribution in [1.82, 2.24) is 10.2 Å². The average molecular weight is 524 g/mol. The van der Waals surface area contributed by atoms with Gasteiger partial charge in [-0.2, -0.15) is 0 Å². The van der Waals surface area contributed by atoms with E-state index in [4.69, 9.17) is 4.74 Å². The molecule has 7 heteroatoms. The van der Waals surface area contributed by atoms with Crippen LogP contribution in [0.5, 0.6) is 0 Å². The summed E-state index contributed by atoms with van der Waals surface area (Å²) in [5.41, 5.74) is 4.66. The van der Waals surface area contributed by atoms with E-state index in [2.05, 4.69) is 10.6 Å². The van der Waals surface area contributed by atoms with Crippen molar-refractivity contribution in [2.24, 2.45) is 5.92 Å². The highest BCUT2D eigenvalue weighted by molar-refractivity contribution is 6.00. The summed E-state index contributed by atoms with van der Waals surface area (Å²) in [6, 6.07) is 9.98. The molecule has 0 aliphatic heterocycles. The van der Waals surface area contributed by atoms with Crippen molar-refractivity contribution in [3.63, 3.8) is 0 Å². The number of carbonyl (C=O) groups excluding carboxylic acids is 3. The standard InChI is InChI=1S/C31H45N3O4/c1-11-17-34(29(36)25(19(2)3)33-30(37)38-31(8,9)10)27(24-16-15-20(4)18-23(24)7)28(35)32-26-21(5)13-12-14-22(26)6/h12-16,18-19,25,27H,11,17H2,1-10H3,(H,32,35)(H,33,37). The molecule has 0 aliphatic rings. The predicted octanol–water partition coefficient (Wildman–Crippen LogP) is 6.39. The molecule has 2 aromatic carbocycles. The number of carbonyl (C=O) groups is 3. The zero-order valence-electron chi connectivity index (χ0n) is 24.7. The Bertz CT molecular complexity index is 1130. The second-order valence-corrected chi connectivity index (χ2v) is 11.4. The molecule has 2 atom stereocenters. The fourth-order valence-electron chi connectivity index (χ4n) is 4.52. The summed E-state index contributed by atoms with van der Waals surface area (Å²) in [5.74, 6) is -0.846. The van der Waals surface area contributed by atoms with Crippen molar-refractivity contribution >= 4 is 23.6 Å². The minimum Gasteiger partial charge on any atom is -0.444 e. The summed E-state index contributed by atoms with van der Waals surface area (Å²) < 4.78 is 5.44. The van der Waals surface area contributed by atoms with E-state index in [9.17, 15) is 14.4 Å². The second kappa shape index (κ2) is 12.9. The summed E-state index contributed by atoms with van der Waals surface area (Å²) >= 11 is 0. The first kappa shape index (κ1) is 30.9. The lowest BCUT2D eigenvalue weighted by molar-refractivity contribution is -0.141. The molecule has 0 aliphatic carbocycles. The van der Waals surface area contributed by atoms with E-state index in [1.165, 1.54) is 0 Å². The number of amides is 3. The Hall–Kier alpha value is -3.35. The number of hydrogen-bond donors (Lipinski definition) is 2. The molecule has 2 aromatic rings. The van der Waals surface area contributed by atoms with Gasteiger partial charge >= 0.3 is 6.09 Å². The molecule has 0 saturated carbocycles. The highest BCUT2D eigenvalue weighted by atomic mass is 16.6. The lowest BCUT2D eigenvalue weighted by atomic mass is 9.94. The van der Waals surface area contributed by atoms with Gasteiger partial charge in [0.25, 0.3) is 5.91 Å². The van der Waals surface area contributed by atoms with Crippen molar-refractivity contribution in [2.75, 3.05) is 11.9 Å². The van der Waals surface area contributed by atoms with E-state index in [0.717, 1.165) is 33.5 Å². The van der Waals surface area contributed by atoms with Crippen molar-refractivity contribution in [3.8, 4) is 0 Å². The molecular formula is C31H45N3O4. The average Bonchev–Trinajstić information content (AvgIpc) is 2.79. The molecule has 3 amide bonds. The summed E-state index contributed by atoms with van der Waals surface area (Å²) in [5, 5.41) is 5.87. The largest absolute Gasteiger partial charge is 0.444 e. The Morgan fingerprint density at radius 3 is 2.05 bits per heavy atom. The van der Waals surface area contributed by atoms with Crippen LogP contribution in [-0.4, -0.2) is 41.0 Å². The van der Waals surface area contributed by atoms with Crippen LogP contribution in [-0.2, 0) is 14.3 Å². The molecule has 2 N–H and O–H groups in total. The van der Waals surface area contributed by atoms with Gasteiger partial charge in [0, 0.05) is 12.2 Å². The first-order chi connectivity index (χ1) is 17.7. The van der Waals surface area contributed by atoms with Gasteiger partial charge in [0.05, 0.1) is 0 Å². The maximum absolute atomic E-state index is 14.1. The number of anilines is 1. The van der Waals surface area contributed by atoms with Gasteiger partial charge in [-0.1, -0.05) is 62.7 Å². The Kier molecular flexibility index (Phi) is 10.5. The van der Waals surface area contributed by atoms with Gasteiger partial charge < -0.3 is 20.3 Å². The third-order valence-corrected chi connectivity index (χ3v) is 6.36. The van der Waals surface area contributed by atoms with Gasteiger partial charge in [-0.15, -0.1) is 0 Å². The number of aryl methyl sites for hydroxylation is 4. The molecule has 38 heavy (non-hydrogen) atoms. The van der Waals surface area contributed by atoms with Crippen molar-refractivity contribution in [2.45, 2.75) is 93.3 Å². The Morgan fingerprint density at radius 1 is 0.947 bits per heavy atom. The quantitative estimate of drug-likeness (QED) is 0.399. The molecule has 0 saturated heterocycles. The van der Waals surface area contributed by atoms with Gasteiger partial charge in [0.2, 0.25) is 5.91 Å². The lowest BCUT2D eigenvalue weighted by Crippen LogP contribution is -2.54. The van der Waals surface area contributed by atoms with E-state index in [1.54, 1.807) is 25.7 Å². The fraction of sp³-hybridized carbons (Fsp3) is 0.516. The first-order valence-corrected chi connectivity index (χ1v) is 13.4. The first-order valence-electron chi connectivity index (χ1n) is 13.4. The van der Waals surface area contributed by atoms with Gasteiger partial charge in [-0.05, 0) is 83.1 Å². The van der Waals surface area contributed by atoms with Crippen LogP contribution in [0.4, 0.5) is 10.5 Å². The molecule has 2 unspecified atom stereocenters. The van der Waals surface area contributed by atoms with E-state index in [1.807, 2.05) is 84.9 Å². The number of ether oxygens (including phenoxy) is 1. The number of rotatable bonds is 9. The van der Waals surface area contributed by atoms with Crippen LogP contribution in [0, 0.1) is 33.6 Å². The second-order valence-electron chi connectivity index (χ2n) is 11.4. The van der Waals surface area contributed by atoms with Crippen molar-refractivity contribution in [3.05, 3.63) is 64.2 Å². The monoisotopic (exact) mass is 523 g/mol. The smallest absolute Gasteiger partial charge is 0.408 e. The number of benzene rings is 2. The predicted molar refractivity (Wildman–Crippen MR) is 153 cm³/mol. The normalized spacial score (nSPS) is 13.0. The van der Waals surface area contributed by atoms with Crippen LogP contribution in [0.1, 0.15) is 81.8 Å². The highest BCUT2D eigenvalue weighted by Crippen LogP contribution is 2.30. The zero-order valence-corrected chi connectivity index (χ0v) is 24.7. The van der Waals surface area contributed by atoms with E-state index in [0.29, 0.717) is 13.0 Å². The Balaban J connectivity index is 2.58. The third-order valence-electron chi connectivity index (χ3n) is 6.36. The number of para-hydroxylation sites is 1. The van der Waals surface area contributed by atoms with E-state index < -0.39 is 23.8 Å². The number of nitrogens with one attached hydrogen (secondary N) is 2. The highest BCUT2D eigenvalue weighted by Gasteiger charge is 2.38. The molecule has 0 aromatic heterocycles. The fourth-order valence-corrected chi connectivity index (χ4v) is 4.52.